The van der Waals surface area contributed by atoms with Crippen LogP contribution in [0.5, 0.6) is 0 Å². The third-order valence-corrected chi connectivity index (χ3v) is 10.1. The number of nitrogens with zero attached hydrogens (tertiary/aromatic N) is 1. The minimum atomic E-state index is -0.743. The van der Waals surface area contributed by atoms with Crippen LogP contribution in [-0.2, 0) is 28.5 Å². The monoisotopic (exact) mass is 760 g/mol. The number of piperidine rings is 1. The molecule has 1 rings (SSSR count). The van der Waals surface area contributed by atoms with Gasteiger partial charge in [0.05, 0.1) is 12.5 Å². The van der Waals surface area contributed by atoms with Gasteiger partial charge in [-0.3, -0.25) is 4.79 Å². The average Bonchev–Trinajstić information content (AvgIpc) is 3.16. The van der Waals surface area contributed by atoms with Crippen molar-refractivity contribution < 1.29 is 33.3 Å². The summed E-state index contributed by atoms with van der Waals surface area (Å²) < 4.78 is 22.1. The molecule has 0 N–H and O–H groups in total. The van der Waals surface area contributed by atoms with Crippen LogP contribution in [0.4, 0.5) is 4.79 Å². The van der Waals surface area contributed by atoms with Gasteiger partial charge in [0.2, 0.25) is 0 Å². The Morgan fingerprint density at radius 3 is 1.85 bits per heavy atom. The van der Waals surface area contributed by atoms with E-state index in [1.54, 1.807) is 6.08 Å². The molecule has 2 unspecified atom stereocenters. The Bertz CT molecular complexity index is 1020. The topological polar surface area (TPSA) is 91.4 Å². The number of hydrogen-bond donors (Lipinski definition) is 0. The van der Waals surface area contributed by atoms with Crippen LogP contribution in [0.15, 0.2) is 36.0 Å². The van der Waals surface area contributed by atoms with Crippen molar-refractivity contribution in [1.29, 1.82) is 0 Å². The highest BCUT2D eigenvalue weighted by atomic mass is 16.7. The van der Waals surface area contributed by atoms with Crippen LogP contribution in [-0.4, -0.2) is 69.6 Å². The maximum Gasteiger partial charge on any atom is 0.508 e. The van der Waals surface area contributed by atoms with Gasteiger partial charge in [-0.25, -0.2) is 9.59 Å². The highest BCUT2D eigenvalue weighted by Crippen LogP contribution is 2.19. The van der Waals surface area contributed by atoms with Crippen molar-refractivity contribution in [3.63, 3.8) is 0 Å². The van der Waals surface area contributed by atoms with Crippen LogP contribution in [0, 0.1) is 11.8 Å². The van der Waals surface area contributed by atoms with E-state index in [1.807, 2.05) is 0 Å². The maximum absolute atomic E-state index is 13.0. The molecule has 0 radical (unpaired) electrons. The summed E-state index contributed by atoms with van der Waals surface area (Å²) in [4.78, 5) is 40.3. The van der Waals surface area contributed by atoms with Gasteiger partial charge in [0, 0.05) is 25.0 Å². The summed E-state index contributed by atoms with van der Waals surface area (Å²) in [6.07, 6.45) is 37.2. The molecule has 54 heavy (non-hydrogen) atoms. The molecule has 0 aromatic carbocycles. The standard InChI is InChI=1S/C46H81NO7/c1-5-8-11-13-15-16-17-18-19-20-21-22-23-25-28-33-44(48)51-38-43(40-54-46(50)53-37-42-32-29-34-47(4)36-42)39-52-45(49)35-41(30-26-10-7-3)31-27-24-14-12-9-6-2/h15-16,18-19,35,42-43H,5-14,17,20-34,36-40H2,1-4H3/b16-15-,19-18-,41-35+. The van der Waals surface area contributed by atoms with Crippen molar-refractivity contribution in [3.8, 4) is 0 Å². The Balaban J connectivity index is 2.52. The molecule has 0 bridgehead atoms. The van der Waals surface area contributed by atoms with Crippen LogP contribution >= 0.6 is 0 Å². The van der Waals surface area contributed by atoms with Crippen molar-refractivity contribution in [1.82, 2.24) is 4.90 Å². The summed E-state index contributed by atoms with van der Waals surface area (Å²) in [5.41, 5.74) is 1.14. The molecule has 0 aliphatic carbocycles. The zero-order chi connectivity index (χ0) is 39.3. The molecule has 0 amide bonds. The van der Waals surface area contributed by atoms with Crippen molar-refractivity contribution in [2.75, 3.05) is 46.6 Å². The van der Waals surface area contributed by atoms with E-state index in [9.17, 15) is 14.4 Å². The van der Waals surface area contributed by atoms with E-state index in [2.05, 4.69) is 57.0 Å². The van der Waals surface area contributed by atoms with Crippen molar-refractivity contribution in [2.24, 2.45) is 11.8 Å². The summed E-state index contributed by atoms with van der Waals surface area (Å²) in [6.45, 7) is 8.86. The van der Waals surface area contributed by atoms with Gasteiger partial charge in [-0.05, 0) is 90.6 Å². The third-order valence-electron chi connectivity index (χ3n) is 10.1. The Morgan fingerprint density at radius 2 is 1.17 bits per heavy atom. The van der Waals surface area contributed by atoms with E-state index in [-0.39, 0.29) is 31.7 Å². The quantitative estimate of drug-likeness (QED) is 0.0211. The third kappa shape index (κ3) is 30.7. The van der Waals surface area contributed by atoms with Crippen molar-refractivity contribution in [2.45, 2.75) is 181 Å². The van der Waals surface area contributed by atoms with E-state index in [0.29, 0.717) is 13.0 Å². The van der Waals surface area contributed by atoms with Crippen LogP contribution in [0.25, 0.3) is 0 Å². The number of hydrogen-bond acceptors (Lipinski definition) is 8. The number of rotatable bonds is 34. The summed E-state index contributed by atoms with van der Waals surface area (Å²) in [7, 11) is 2.08. The Kier molecular flexibility index (Phi) is 33.0. The second kappa shape index (κ2) is 36.1. The SMILES string of the molecule is CCCCC/C=C\C/C=C\CCCCCCCC(=O)OCC(COC(=O)/C=C(\CCCCC)CCCCCCCC)COC(=O)OCC1CCCN(C)C1. The second-order valence-electron chi connectivity index (χ2n) is 15.6. The summed E-state index contributed by atoms with van der Waals surface area (Å²) in [6, 6.07) is 0. The average molecular weight is 760 g/mol. The minimum Gasteiger partial charge on any atom is -0.465 e. The van der Waals surface area contributed by atoms with Crippen LogP contribution < -0.4 is 0 Å². The molecule has 0 aromatic rings. The van der Waals surface area contributed by atoms with Gasteiger partial charge >= 0.3 is 18.1 Å². The van der Waals surface area contributed by atoms with Gasteiger partial charge in [-0.15, -0.1) is 0 Å². The molecular weight excluding hydrogens is 679 g/mol. The number of carbonyl (C=O) groups is 3. The van der Waals surface area contributed by atoms with Crippen molar-refractivity contribution in [3.05, 3.63) is 36.0 Å². The van der Waals surface area contributed by atoms with Gasteiger partial charge in [0.25, 0.3) is 0 Å². The Hall–Kier alpha value is -2.61. The first-order valence-electron chi connectivity index (χ1n) is 22.2. The lowest BCUT2D eigenvalue weighted by molar-refractivity contribution is -0.148. The number of allylic oxidation sites excluding steroid dienone is 5. The second-order valence-corrected chi connectivity index (χ2v) is 15.6. The number of esters is 2. The fraction of sp³-hybridized carbons (Fsp3) is 0.804. The van der Waals surface area contributed by atoms with Gasteiger partial charge in [0.1, 0.15) is 19.8 Å². The Morgan fingerprint density at radius 1 is 0.630 bits per heavy atom. The normalized spacial score (nSPS) is 15.9. The van der Waals surface area contributed by atoms with E-state index in [1.165, 1.54) is 57.8 Å². The fourth-order valence-corrected chi connectivity index (χ4v) is 6.74. The van der Waals surface area contributed by atoms with Gasteiger partial charge in [-0.2, -0.15) is 0 Å². The molecule has 1 aliphatic rings. The fourth-order valence-electron chi connectivity index (χ4n) is 6.74. The highest BCUT2D eigenvalue weighted by Gasteiger charge is 2.21. The van der Waals surface area contributed by atoms with E-state index in [0.717, 1.165) is 115 Å². The largest absolute Gasteiger partial charge is 0.508 e. The van der Waals surface area contributed by atoms with Gasteiger partial charge < -0.3 is 23.8 Å². The van der Waals surface area contributed by atoms with Gasteiger partial charge in [0.15, 0.2) is 0 Å². The predicted molar refractivity (Wildman–Crippen MR) is 223 cm³/mol. The molecular formula is C46H81NO7. The van der Waals surface area contributed by atoms with Gasteiger partial charge in [-0.1, -0.05) is 128 Å². The molecule has 8 heteroatoms. The van der Waals surface area contributed by atoms with Crippen molar-refractivity contribution >= 4 is 18.1 Å². The number of unbranched alkanes of at least 4 members (excludes halogenated alkanes) is 15. The molecule has 0 spiro atoms. The minimum absolute atomic E-state index is 0.00768. The molecule has 0 aromatic heterocycles. The number of likely N-dealkylation sites (tertiary alicyclic amines) is 1. The molecule has 1 saturated heterocycles. The summed E-state index contributed by atoms with van der Waals surface area (Å²) >= 11 is 0. The number of carbonyl (C=O) groups excluding carboxylic acids is 3. The van der Waals surface area contributed by atoms with Crippen LogP contribution in [0.2, 0.25) is 0 Å². The first-order chi connectivity index (χ1) is 26.4. The van der Waals surface area contributed by atoms with E-state index >= 15 is 0 Å². The molecule has 2 atom stereocenters. The number of ether oxygens (including phenoxy) is 4. The Labute approximate surface area is 331 Å². The molecule has 0 saturated carbocycles. The zero-order valence-electron chi connectivity index (χ0n) is 35.3. The summed E-state index contributed by atoms with van der Waals surface area (Å²) in [5, 5.41) is 0. The smallest absolute Gasteiger partial charge is 0.465 e. The van der Waals surface area contributed by atoms with E-state index < -0.39 is 18.0 Å². The lowest BCUT2D eigenvalue weighted by Gasteiger charge is -2.29. The lowest BCUT2D eigenvalue weighted by Crippen LogP contribution is -2.35. The molecule has 312 valence electrons. The predicted octanol–water partition coefficient (Wildman–Crippen LogP) is 12.3. The molecule has 1 heterocycles. The lowest BCUT2D eigenvalue weighted by atomic mass is 10.00. The first-order valence-corrected chi connectivity index (χ1v) is 22.2. The molecule has 1 aliphatic heterocycles. The van der Waals surface area contributed by atoms with E-state index in [4.69, 9.17) is 18.9 Å². The summed E-state index contributed by atoms with van der Waals surface area (Å²) in [5.74, 6) is -0.861. The van der Waals surface area contributed by atoms with Crippen LogP contribution in [0.1, 0.15) is 181 Å². The maximum atomic E-state index is 13.0. The first kappa shape index (κ1) is 49.4. The molecule has 8 nitrogen and oxygen atoms in total. The highest BCUT2D eigenvalue weighted by molar-refractivity contribution is 5.82. The molecule has 1 fully saturated rings. The zero-order valence-corrected chi connectivity index (χ0v) is 35.3. The van der Waals surface area contributed by atoms with Crippen LogP contribution in [0.3, 0.4) is 0 Å².